The molecule has 1 aliphatic heterocycles. The van der Waals surface area contributed by atoms with Crippen LogP contribution in [0.1, 0.15) is 6.42 Å². The van der Waals surface area contributed by atoms with Gasteiger partial charge < -0.3 is 21.0 Å². The zero-order chi connectivity index (χ0) is 10.9. The molecule has 0 amide bonds. The van der Waals surface area contributed by atoms with E-state index in [1.54, 1.807) is 0 Å². The van der Waals surface area contributed by atoms with Crippen LogP contribution in [0.3, 0.4) is 0 Å². The zero-order valence-electron chi connectivity index (χ0n) is 8.98. The van der Waals surface area contributed by atoms with Gasteiger partial charge in [0, 0.05) is 39.1 Å². The summed E-state index contributed by atoms with van der Waals surface area (Å²) < 4.78 is 5.25. The van der Waals surface area contributed by atoms with Crippen LogP contribution in [-0.4, -0.2) is 61.9 Å². The molecule has 1 fully saturated rings. The number of nitrogens with one attached hydrogen (secondary N) is 1. The van der Waals surface area contributed by atoms with E-state index in [4.69, 9.17) is 15.7 Å². The van der Waals surface area contributed by atoms with E-state index in [9.17, 15) is 0 Å². The standard InChI is InChI=1S/C9H20N4O2/c10-9(12-14)1-2-11-3-4-13-5-7-15-8-6-13/h11,14H,1-8H2,(H2,10,12). The molecule has 88 valence electrons. The third kappa shape index (κ3) is 5.56. The Morgan fingerprint density at radius 1 is 1.40 bits per heavy atom. The fraction of sp³-hybridized carbons (Fsp3) is 0.889. The van der Waals surface area contributed by atoms with E-state index in [-0.39, 0.29) is 5.84 Å². The normalized spacial score (nSPS) is 19.3. The number of morpholine rings is 1. The molecule has 0 atom stereocenters. The van der Waals surface area contributed by atoms with E-state index in [2.05, 4.69) is 15.4 Å². The van der Waals surface area contributed by atoms with Gasteiger partial charge in [0.2, 0.25) is 0 Å². The Labute approximate surface area is 90.1 Å². The van der Waals surface area contributed by atoms with E-state index in [0.717, 1.165) is 45.9 Å². The van der Waals surface area contributed by atoms with Crippen molar-refractivity contribution in [3.8, 4) is 0 Å². The minimum Gasteiger partial charge on any atom is -0.409 e. The van der Waals surface area contributed by atoms with Gasteiger partial charge in [-0.25, -0.2) is 0 Å². The van der Waals surface area contributed by atoms with Crippen LogP contribution in [0, 0.1) is 0 Å². The molecule has 0 bridgehead atoms. The molecule has 0 radical (unpaired) electrons. The number of nitrogens with two attached hydrogens (primary N) is 1. The van der Waals surface area contributed by atoms with Crippen LogP contribution in [0.15, 0.2) is 5.16 Å². The first-order chi connectivity index (χ1) is 7.33. The molecule has 15 heavy (non-hydrogen) atoms. The number of rotatable bonds is 6. The molecule has 1 heterocycles. The van der Waals surface area contributed by atoms with Gasteiger partial charge in [0.1, 0.15) is 5.84 Å². The zero-order valence-corrected chi connectivity index (χ0v) is 8.98. The smallest absolute Gasteiger partial charge is 0.140 e. The van der Waals surface area contributed by atoms with Crippen molar-refractivity contribution in [1.29, 1.82) is 0 Å². The number of hydrogen-bond donors (Lipinski definition) is 3. The second-order valence-corrected chi connectivity index (χ2v) is 3.55. The Bertz CT molecular complexity index is 193. The number of ether oxygens (including phenoxy) is 1. The lowest BCUT2D eigenvalue weighted by atomic mass is 10.4. The summed E-state index contributed by atoms with van der Waals surface area (Å²) in [6.07, 6.45) is 0.583. The molecule has 6 heteroatoms. The molecular formula is C9H20N4O2. The first kappa shape index (κ1) is 12.2. The molecular weight excluding hydrogens is 196 g/mol. The second kappa shape index (κ2) is 7.44. The molecule has 1 aliphatic rings. The fourth-order valence-corrected chi connectivity index (χ4v) is 1.45. The average molecular weight is 216 g/mol. The van der Waals surface area contributed by atoms with E-state index in [0.29, 0.717) is 6.42 Å². The van der Waals surface area contributed by atoms with E-state index in [1.165, 1.54) is 0 Å². The highest BCUT2D eigenvalue weighted by atomic mass is 16.5. The molecule has 4 N–H and O–H groups in total. The van der Waals surface area contributed by atoms with Crippen LogP contribution >= 0.6 is 0 Å². The molecule has 0 saturated carbocycles. The predicted octanol–water partition coefficient (Wildman–Crippen LogP) is -0.955. The summed E-state index contributed by atoms with van der Waals surface area (Å²) in [7, 11) is 0. The van der Waals surface area contributed by atoms with E-state index >= 15 is 0 Å². The van der Waals surface area contributed by atoms with Crippen molar-refractivity contribution in [3.05, 3.63) is 0 Å². The molecule has 0 aromatic rings. The van der Waals surface area contributed by atoms with E-state index < -0.39 is 0 Å². The molecule has 1 saturated heterocycles. The van der Waals surface area contributed by atoms with Gasteiger partial charge in [-0.2, -0.15) is 0 Å². The monoisotopic (exact) mass is 216 g/mol. The lowest BCUT2D eigenvalue weighted by Crippen LogP contribution is -2.40. The summed E-state index contributed by atoms with van der Waals surface area (Å²) in [5.74, 6) is 0.272. The van der Waals surface area contributed by atoms with Crippen LogP contribution in [-0.2, 0) is 4.74 Å². The molecule has 0 aromatic heterocycles. The maximum Gasteiger partial charge on any atom is 0.140 e. The Hall–Kier alpha value is -0.850. The maximum absolute atomic E-state index is 8.31. The van der Waals surface area contributed by atoms with Gasteiger partial charge in [0.15, 0.2) is 0 Å². The van der Waals surface area contributed by atoms with Gasteiger partial charge in [-0.3, -0.25) is 4.90 Å². The van der Waals surface area contributed by atoms with Crippen LogP contribution in [0.2, 0.25) is 0 Å². The van der Waals surface area contributed by atoms with Crippen molar-refractivity contribution in [2.24, 2.45) is 10.9 Å². The highest BCUT2D eigenvalue weighted by molar-refractivity contribution is 5.79. The third-order valence-corrected chi connectivity index (χ3v) is 2.39. The van der Waals surface area contributed by atoms with Crippen LogP contribution in [0.25, 0.3) is 0 Å². The fourth-order valence-electron chi connectivity index (χ4n) is 1.45. The van der Waals surface area contributed by atoms with Crippen molar-refractivity contribution in [3.63, 3.8) is 0 Å². The average Bonchev–Trinajstić information content (AvgIpc) is 2.29. The lowest BCUT2D eigenvalue weighted by molar-refractivity contribution is 0.0385. The summed E-state index contributed by atoms with van der Waals surface area (Å²) in [6.45, 7) is 6.41. The first-order valence-electron chi connectivity index (χ1n) is 5.30. The van der Waals surface area contributed by atoms with Crippen molar-refractivity contribution >= 4 is 5.84 Å². The lowest BCUT2D eigenvalue weighted by Gasteiger charge is -2.26. The Morgan fingerprint density at radius 3 is 2.80 bits per heavy atom. The van der Waals surface area contributed by atoms with Crippen molar-refractivity contribution < 1.29 is 9.94 Å². The maximum atomic E-state index is 8.31. The second-order valence-electron chi connectivity index (χ2n) is 3.55. The van der Waals surface area contributed by atoms with Gasteiger partial charge in [-0.1, -0.05) is 5.16 Å². The minimum atomic E-state index is 0.272. The molecule has 6 nitrogen and oxygen atoms in total. The van der Waals surface area contributed by atoms with Crippen LogP contribution < -0.4 is 11.1 Å². The molecule has 1 rings (SSSR count). The highest BCUT2D eigenvalue weighted by Gasteiger charge is 2.08. The Kier molecular flexibility index (Phi) is 6.06. The molecule has 0 unspecified atom stereocenters. The number of hydrogen-bond acceptors (Lipinski definition) is 5. The van der Waals surface area contributed by atoms with Crippen molar-refractivity contribution in [1.82, 2.24) is 10.2 Å². The molecule has 0 spiro atoms. The van der Waals surface area contributed by atoms with Gasteiger partial charge in [-0.05, 0) is 0 Å². The SMILES string of the molecule is NC(CCNCCN1CCOCC1)=NO. The summed E-state index contributed by atoms with van der Waals surface area (Å²) in [6, 6.07) is 0. The van der Waals surface area contributed by atoms with Crippen LogP contribution in [0.4, 0.5) is 0 Å². The van der Waals surface area contributed by atoms with Gasteiger partial charge in [0.05, 0.1) is 13.2 Å². The number of oxime groups is 1. The topological polar surface area (TPSA) is 83.1 Å². The minimum absolute atomic E-state index is 0.272. The molecule has 0 aliphatic carbocycles. The summed E-state index contributed by atoms with van der Waals surface area (Å²) in [4.78, 5) is 2.36. The Balaban J connectivity index is 1.92. The third-order valence-electron chi connectivity index (χ3n) is 2.39. The predicted molar refractivity (Wildman–Crippen MR) is 58.2 cm³/mol. The summed E-state index contributed by atoms with van der Waals surface area (Å²) in [5.41, 5.74) is 5.33. The number of amidine groups is 1. The molecule has 0 aromatic carbocycles. The van der Waals surface area contributed by atoms with Gasteiger partial charge in [0.25, 0.3) is 0 Å². The van der Waals surface area contributed by atoms with Gasteiger partial charge in [-0.15, -0.1) is 0 Å². The van der Waals surface area contributed by atoms with E-state index in [1.807, 2.05) is 0 Å². The van der Waals surface area contributed by atoms with Crippen LogP contribution in [0.5, 0.6) is 0 Å². The van der Waals surface area contributed by atoms with Crippen molar-refractivity contribution in [2.75, 3.05) is 45.9 Å². The highest BCUT2D eigenvalue weighted by Crippen LogP contribution is 1.94. The summed E-state index contributed by atoms with van der Waals surface area (Å²) in [5, 5.41) is 14.5. The van der Waals surface area contributed by atoms with Gasteiger partial charge >= 0.3 is 0 Å². The first-order valence-corrected chi connectivity index (χ1v) is 5.30. The number of nitrogens with zero attached hydrogens (tertiary/aromatic N) is 2. The van der Waals surface area contributed by atoms with Crippen molar-refractivity contribution in [2.45, 2.75) is 6.42 Å². The quantitative estimate of drug-likeness (QED) is 0.175. The summed E-state index contributed by atoms with van der Waals surface area (Å²) >= 11 is 0. The largest absolute Gasteiger partial charge is 0.409 e. The Morgan fingerprint density at radius 2 is 2.13 bits per heavy atom.